The average molecular weight is 413 g/mol. The third kappa shape index (κ3) is 4.21. The number of nitrogens with zero attached hydrogens (tertiary/aromatic N) is 3. The van der Waals surface area contributed by atoms with Crippen LogP contribution in [0.25, 0.3) is 0 Å². The van der Waals surface area contributed by atoms with Crippen LogP contribution in [0.15, 0.2) is 42.5 Å². The van der Waals surface area contributed by atoms with Gasteiger partial charge in [0, 0.05) is 44.8 Å². The van der Waals surface area contributed by atoms with Crippen molar-refractivity contribution in [3.8, 4) is 0 Å². The van der Waals surface area contributed by atoms with Crippen LogP contribution in [0, 0.1) is 18.6 Å². The van der Waals surface area contributed by atoms with Crippen LogP contribution in [0.5, 0.6) is 0 Å². The van der Waals surface area contributed by atoms with Gasteiger partial charge in [0.2, 0.25) is 5.91 Å². The first-order valence-corrected chi connectivity index (χ1v) is 10.2. The van der Waals surface area contributed by atoms with Gasteiger partial charge in [0.25, 0.3) is 5.91 Å². The number of piperazine rings is 1. The number of fused-ring (bicyclic) bond motifs is 1. The summed E-state index contributed by atoms with van der Waals surface area (Å²) in [5.41, 5.74) is 1.73. The van der Waals surface area contributed by atoms with Gasteiger partial charge in [0.05, 0.1) is 6.04 Å². The molecule has 2 aliphatic heterocycles. The third-order valence-electron chi connectivity index (χ3n) is 6.02. The van der Waals surface area contributed by atoms with Crippen LogP contribution in [0.3, 0.4) is 0 Å². The predicted molar refractivity (Wildman–Crippen MR) is 109 cm³/mol. The van der Waals surface area contributed by atoms with E-state index in [0.717, 1.165) is 12.1 Å². The van der Waals surface area contributed by atoms with Gasteiger partial charge in [-0.2, -0.15) is 0 Å². The molecule has 4 rings (SSSR count). The lowest BCUT2D eigenvalue weighted by molar-refractivity contribution is -0.142. The zero-order chi connectivity index (χ0) is 21.3. The molecule has 0 aliphatic carbocycles. The average Bonchev–Trinajstić information content (AvgIpc) is 2.96. The zero-order valence-corrected chi connectivity index (χ0v) is 17.0. The molecule has 0 spiro atoms. The van der Waals surface area contributed by atoms with Gasteiger partial charge in [0.15, 0.2) is 0 Å². The Labute approximate surface area is 174 Å². The van der Waals surface area contributed by atoms with Crippen molar-refractivity contribution >= 4 is 11.8 Å². The number of aryl methyl sites for hydroxylation is 1. The highest BCUT2D eigenvalue weighted by atomic mass is 19.1. The fraction of sp³-hybridized carbons (Fsp3) is 0.391. The molecular formula is C23H25F2N3O2. The van der Waals surface area contributed by atoms with E-state index in [4.69, 9.17) is 0 Å². The lowest BCUT2D eigenvalue weighted by atomic mass is 10.1. The van der Waals surface area contributed by atoms with E-state index < -0.39 is 0 Å². The van der Waals surface area contributed by atoms with Gasteiger partial charge in [-0.15, -0.1) is 0 Å². The molecule has 2 heterocycles. The molecule has 0 aromatic heterocycles. The van der Waals surface area contributed by atoms with Gasteiger partial charge in [-0.3, -0.25) is 14.5 Å². The highest BCUT2D eigenvalue weighted by molar-refractivity contribution is 5.94. The molecule has 30 heavy (non-hydrogen) atoms. The summed E-state index contributed by atoms with van der Waals surface area (Å²) in [4.78, 5) is 31.6. The number of carbonyl (C=O) groups is 2. The van der Waals surface area contributed by atoms with Crippen LogP contribution >= 0.6 is 0 Å². The van der Waals surface area contributed by atoms with E-state index in [0.29, 0.717) is 50.3 Å². The summed E-state index contributed by atoms with van der Waals surface area (Å²) in [5.74, 6) is -0.845. The standard InChI is InChI=1S/C23H25F2N3O2/c1-16-2-5-18(14-20(16)25)22(29)27-9-8-21-23(30)28(13-11-26(21)10-12-27)15-17-3-6-19(24)7-4-17/h2-7,14,21H,8-13,15H2,1H3. The summed E-state index contributed by atoms with van der Waals surface area (Å²) in [7, 11) is 0. The second-order valence-electron chi connectivity index (χ2n) is 7.98. The smallest absolute Gasteiger partial charge is 0.254 e. The maximum absolute atomic E-state index is 13.9. The molecule has 5 nitrogen and oxygen atoms in total. The summed E-state index contributed by atoms with van der Waals surface area (Å²) >= 11 is 0. The van der Waals surface area contributed by atoms with Crippen LogP contribution in [0.2, 0.25) is 0 Å². The van der Waals surface area contributed by atoms with Crippen molar-refractivity contribution in [1.82, 2.24) is 14.7 Å². The number of hydrogen-bond acceptors (Lipinski definition) is 3. The lowest BCUT2D eigenvalue weighted by Gasteiger charge is -2.39. The minimum Gasteiger partial charge on any atom is -0.337 e. The Morgan fingerprint density at radius 1 is 1.00 bits per heavy atom. The van der Waals surface area contributed by atoms with Crippen LogP contribution in [-0.2, 0) is 11.3 Å². The Morgan fingerprint density at radius 2 is 1.73 bits per heavy atom. The van der Waals surface area contributed by atoms with E-state index in [1.54, 1.807) is 41.0 Å². The van der Waals surface area contributed by atoms with Crippen molar-refractivity contribution in [3.63, 3.8) is 0 Å². The first-order valence-electron chi connectivity index (χ1n) is 10.2. The lowest BCUT2D eigenvalue weighted by Crippen LogP contribution is -2.56. The van der Waals surface area contributed by atoms with E-state index in [1.165, 1.54) is 18.2 Å². The van der Waals surface area contributed by atoms with E-state index in [2.05, 4.69) is 4.90 Å². The maximum Gasteiger partial charge on any atom is 0.254 e. The first-order chi connectivity index (χ1) is 14.4. The molecule has 0 bridgehead atoms. The van der Waals surface area contributed by atoms with Crippen LogP contribution in [0.4, 0.5) is 8.78 Å². The molecule has 2 aromatic rings. The molecule has 1 unspecified atom stereocenters. The van der Waals surface area contributed by atoms with E-state index in [1.807, 2.05) is 0 Å². The molecule has 2 fully saturated rings. The van der Waals surface area contributed by atoms with Crippen LogP contribution in [-0.4, -0.2) is 65.3 Å². The fourth-order valence-corrected chi connectivity index (χ4v) is 4.17. The first kappa shape index (κ1) is 20.5. The number of rotatable bonds is 3. The van der Waals surface area contributed by atoms with Crippen molar-refractivity contribution in [1.29, 1.82) is 0 Å². The van der Waals surface area contributed by atoms with Crippen molar-refractivity contribution in [2.75, 3.05) is 32.7 Å². The fourth-order valence-electron chi connectivity index (χ4n) is 4.17. The highest BCUT2D eigenvalue weighted by Crippen LogP contribution is 2.21. The Bertz CT molecular complexity index is 948. The molecule has 2 aliphatic rings. The van der Waals surface area contributed by atoms with Gasteiger partial charge in [0.1, 0.15) is 11.6 Å². The maximum atomic E-state index is 13.9. The van der Waals surface area contributed by atoms with E-state index in [-0.39, 0.29) is 29.5 Å². The van der Waals surface area contributed by atoms with Gasteiger partial charge in [-0.05, 0) is 48.7 Å². The Balaban J connectivity index is 1.42. The molecule has 0 N–H and O–H groups in total. The number of amides is 2. The van der Waals surface area contributed by atoms with E-state index >= 15 is 0 Å². The molecule has 0 radical (unpaired) electrons. The Hall–Kier alpha value is -2.80. The van der Waals surface area contributed by atoms with E-state index in [9.17, 15) is 18.4 Å². The van der Waals surface area contributed by atoms with Gasteiger partial charge in [-0.25, -0.2) is 8.78 Å². The molecular weight excluding hydrogens is 388 g/mol. The molecule has 158 valence electrons. The topological polar surface area (TPSA) is 43.9 Å². The predicted octanol–water partition coefficient (Wildman–Crippen LogP) is 2.83. The number of carbonyl (C=O) groups excluding carboxylic acids is 2. The van der Waals surface area contributed by atoms with Crippen molar-refractivity contribution < 1.29 is 18.4 Å². The van der Waals surface area contributed by atoms with Gasteiger partial charge in [-0.1, -0.05) is 18.2 Å². The van der Waals surface area contributed by atoms with Crippen molar-refractivity contribution in [2.24, 2.45) is 0 Å². The zero-order valence-electron chi connectivity index (χ0n) is 17.0. The summed E-state index contributed by atoms with van der Waals surface area (Å²) in [6, 6.07) is 10.5. The summed E-state index contributed by atoms with van der Waals surface area (Å²) < 4.78 is 27.0. The Morgan fingerprint density at radius 3 is 2.47 bits per heavy atom. The number of hydrogen-bond donors (Lipinski definition) is 0. The second kappa shape index (κ2) is 8.52. The molecule has 0 saturated carbocycles. The molecule has 2 saturated heterocycles. The third-order valence-corrected chi connectivity index (χ3v) is 6.02. The normalized spacial score (nSPS) is 20.1. The molecule has 7 heteroatoms. The molecule has 2 aromatic carbocycles. The summed E-state index contributed by atoms with van der Waals surface area (Å²) in [6.07, 6.45) is 0.541. The SMILES string of the molecule is Cc1ccc(C(=O)N2CCC3C(=O)N(Cc4ccc(F)cc4)CCN3CC2)cc1F. The molecule has 2 amide bonds. The Kier molecular flexibility index (Phi) is 5.81. The van der Waals surface area contributed by atoms with Crippen LogP contribution in [0.1, 0.15) is 27.9 Å². The molecule has 1 atom stereocenters. The highest BCUT2D eigenvalue weighted by Gasteiger charge is 2.37. The minimum absolute atomic E-state index is 0.0428. The van der Waals surface area contributed by atoms with Crippen LogP contribution < -0.4 is 0 Å². The monoisotopic (exact) mass is 413 g/mol. The summed E-state index contributed by atoms with van der Waals surface area (Å²) in [6.45, 7) is 5.02. The number of benzene rings is 2. The quantitative estimate of drug-likeness (QED) is 0.777. The van der Waals surface area contributed by atoms with Crippen molar-refractivity contribution in [2.45, 2.75) is 25.9 Å². The van der Waals surface area contributed by atoms with Gasteiger partial charge >= 0.3 is 0 Å². The van der Waals surface area contributed by atoms with Crippen molar-refractivity contribution in [3.05, 3.63) is 70.8 Å². The summed E-state index contributed by atoms with van der Waals surface area (Å²) in [5, 5.41) is 0. The number of halogens is 2. The second-order valence-corrected chi connectivity index (χ2v) is 7.98. The largest absolute Gasteiger partial charge is 0.337 e. The minimum atomic E-state index is -0.389. The van der Waals surface area contributed by atoms with Gasteiger partial charge < -0.3 is 9.80 Å².